The van der Waals surface area contributed by atoms with Crippen LogP contribution in [0.5, 0.6) is 0 Å². The van der Waals surface area contributed by atoms with Gasteiger partial charge in [0.05, 0.1) is 17.9 Å². The van der Waals surface area contributed by atoms with E-state index in [4.69, 9.17) is 5.41 Å². The number of thioether (sulfide) groups is 1. The Morgan fingerprint density at radius 3 is 2.55 bits per heavy atom. The second-order valence-electron chi connectivity index (χ2n) is 4.50. The molecule has 1 aliphatic rings. The monoisotopic (exact) mass is 301 g/mol. The fourth-order valence-corrected chi connectivity index (χ4v) is 2.54. The Morgan fingerprint density at radius 1 is 1.60 bits per heavy atom. The molecule has 0 bridgehead atoms. The van der Waals surface area contributed by atoms with Gasteiger partial charge in [0.2, 0.25) is 0 Å². The lowest BCUT2D eigenvalue weighted by Gasteiger charge is -2.34. The number of hydrogen-bond donors (Lipinski definition) is 3. The molecule has 0 spiro atoms. The Balaban J connectivity index is 2.98. The molecule has 7 heteroatoms. The number of nitrogens with one attached hydrogen (secondary N) is 3. The maximum atomic E-state index is 13.0. The second-order valence-corrected chi connectivity index (χ2v) is 5.77. The third-order valence-corrected chi connectivity index (χ3v) is 3.97. The summed E-state index contributed by atoms with van der Waals surface area (Å²) in [5.74, 6) is 0.820. The number of rotatable bonds is 6. The van der Waals surface area contributed by atoms with Gasteiger partial charge in [-0.1, -0.05) is 18.7 Å². The summed E-state index contributed by atoms with van der Waals surface area (Å²) in [6.45, 7) is 4.35. The van der Waals surface area contributed by atoms with E-state index < -0.39 is 5.50 Å². The van der Waals surface area contributed by atoms with E-state index in [0.717, 1.165) is 36.2 Å². The van der Waals surface area contributed by atoms with Crippen LogP contribution in [0.1, 0.15) is 20.3 Å². The summed E-state index contributed by atoms with van der Waals surface area (Å²) in [4.78, 5) is 3.79. The molecule has 1 rings (SSSR count). The summed E-state index contributed by atoms with van der Waals surface area (Å²) < 4.78 is 13.0. The van der Waals surface area contributed by atoms with Crippen molar-refractivity contribution in [3.63, 3.8) is 0 Å². The number of allylic oxidation sites excluding steroid dienone is 1. The van der Waals surface area contributed by atoms with E-state index in [0.29, 0.717) is 0 Å². The average molecular weight is 301 g/mol. The molecule has 1 aliphatic heterocycles. The maximum absolute atomic E-state index is 13.0. The van der Waals surface area contributed by atoms with E-state index in [1.807, 2.05) is 20.3 Å². The fourth-order valence-electron chi connectivity index (χ4n) is 1.99. The Labute approximate surface area is 124 Å². The summed E-state index contributed by atoms with van der Waals surface area (Å²) >= 11 is 0.897. The number of hydrogen-bond acceptors (Lipinski definition) is 5. The highest BCUT2D eigenvalue weighted by Crippen LogP contribution is 2.23. The molecule has 0 radical (unpaired) electrons. The molecule has 114 valence electrons. The molecule has 0 fully saturated rings. The van der Waals surface area contributed by atoms with Crippen molar-refractivity contribution in [1.29, 1.82) is 5.41 Å². The molecule has 0 aromatic rings. The summed E-state index contributed by atoms with van der Waals surface area (Å²) in [5.41, 5.74) is 1.17. The fraction of sp³-hybridized carbons (Fsp3) is 0.615. The van der Waals surface area contributed by atoms with E-state index >= 15 is 0 Å². The lowest BCUT2D eigenvalue weighted by molar-refractivity contribution is 0.420. The van der Waals surface area contributed by atoms with Gasteiger partial charge < -0.3 is 20.4 Å². The number of nitrogens with zero attached hydrogens (tertiary/aromatic N) is 2. The van der Waals surface area contributed by atoms with Crippen LogP contribution >= 0.6 is 11.8 Å². The van der Waals surface area contributed by atoms with Crippen LogP contribution in [0.25, 0.3) is 0 Å². The van der Waals surface area contributed by atoms with Crippen LogP contribution in [-0.2, 0) is 0 Å². The van der Waals surface area contributed by atoms with Gasteiger partial charge in [-0.3, -0.25) is 5.41 Å². The van der Waals surface area contributed by atoms with Crippen molar-refractivity contribution < 1.29 is 4.39 Å². The highest BCUT2D eigenvalue weighted by molar-refractivity contribution is 8.14. The molecule has 0 saturated carbocycles. The van der Waals surface area contributed by atoms with Gasteiger partial charge in [-0.25, -0.2) is 4.39 Å². The standard InChI is InChI=1S/C13H24FN5S/c1-6-11(18(4)10-7-17-8-10)12(16-3)19(5)13(15)20-9(2)14/h7,9,15-17H,6,8H2,1-5H3/b12-11+,15-13?. The zero-order valence-corrected chi connectivity index (χ0v) is 13.6. The smallest absolute Gasteiger partial charge is 0.164 e. The third-order valence-electron chi connectivity index (χ3n) is 3.15. The highest BCUT2D eigenvalue weighted by Gasteiger charge is 2.21. The Bertz CT molecular complexity index is 419. The largest absolute Gasteiger partial charge is 0.384 e. The van der Waals surface area contributed by atoms with Gasteiger partial charge in [0.15, 0.2) is 5.17 Å². The molecule has 0 saturated heterocycles. The minimum atomic E-state index is -1.09. The van der Waals surface area contributed by atoms with Gasteiger partial charge in [0.1, 0.15) is 11.3 Å². The van der Waals surface area contributed by atoms with Gasteiger partial charge >= 0.3 is 0 Å². The first kappa shape index (κ1) is 16.7. The number of alkyl halides is 1. The van der Waals surface area contributed by atoms with E-state index in [1.54, 1.807) is 11.9 Å². The molecule has 0 aromatic carbocycles. The number of amidine groups is 1. The normalized spacial score (nSPS) is 16.2. The molecular weight excluding hydrogens is 277 g/mol. The van der Waals surface area contributed by atoms with E-state index in [2.05, 4.69) is 22.5 Å². The predicted molar refractivity (Wildman–Crippen MR) is 83.9 cm³/mol. The molecule has 0 aliphatic carbocycles. The molecule has 3 N–H and O–H groups in total. The Kier molecular flexibility index (Phi) is 6.19. The first-order valence-electron chi connectivity index (χ1n) is 6.62. The minimum Gasteiger partial charge on any atom is -0.384 e. The summed E-state index contributed by atoms with van der Waals surface area (Å²) in [6, 6.07) is 0. The van der Waals surface area contributed by atoms with Crippen LogP contribution in [0.2, 0.25) is 0 Å². The lowest BCUT2D eigenvalue weighted by Crippen LogP contribution is -2.38. The van der Waals surface area contributed by atoms with E-state index in [9.17, 15) is 4.39 Å². The van der Waals surface area contributed by atoms with Crippen LogP contribution in [0, 0.1) is 5.41 Å². The van der Waals surface area contributed by atoms with Crippen LogP contribution in [-0.4, -0.2) is 48.2 Å². The van der Waals surface area contributed by atoms with Crippen molar-refractivity contribution in [2.75, 3.05) is 27.7 Å². The van der Waals surface area contributed by atoms with E-state index in [1.165, 1.54) is 12.6 Å². The lowest BCUT2D eigenvalue weighted by atomic mass is 10.2. The van der Waals surface area contributed by atoms with Crippen LogP contribution in [0.3, 0.4) is 0 Å². The third kappa shape index (κ3) is 3.82. The molecule has 20 heavy (non-hydrogen) atoms. The molecule has 1 atom stereocenters. The van der Waals surface area contributed by atoms with Crippen LogP contribution < -0.4 is 10.6 Å². The van der Waals surface area contributed by atoms with Crippen LogP contribution in [0.15, 0.2) is 23.4 Å². The Morgan fingerprint density at radius 2 is 2.20 bits per heavy atom. The van der Waals surface area contributed by atoms with Gasteiger partial charge in [0.25, 0.3) is 0 Å². The van der Waals surface area contributed by atoms with Crippen LogP contribution in [0.4, 0.5) is 4.39 Å². The molecule has 1 unspecified atom stereocenters. The second kappa shape index (κ2) is 7.42. The summed E-state index contributed by atoms with van der Waals surface area (Å²) in [6.07, 6.45) is 2.78. The van der Waals surface area contributed by atoms with Crippen molar-refractivity contribution >= 4 is 16.9 Å². The number of halogens is 1. The van der Waals surface area contributed by atoms with Gasteiger partial charge in [-0.2, -0.15) is 0 Å². The number of likely N-dealkylation sites (N-methyl/N-ethyl adjacent to an activating group) is 1. The SMILES string of the molecule is CC/C(=C(/NC)N(C)C(=N)SC(C)F)N(C)C1=CNC1. The van der Waals surface area contributed by atoms with E-state index in [-0.39, 0.29) is 5.17 Å². The van der Waals surface area contributed by atoms with Gasteiger partial charge in [0, 0.05) is 27.3 Å². The zero-order valence-electron chi connectivity index (χ0n) is 12.7. The van der Waals surface area contributed by atoms with Crippen molar-refractivity contribution in [2.24, 2.45) is 0 Å². The van der Waals surface area contributed by atoms with Crippen molar-refractivity contribution in [1.82, 2.24) is 20.4 Å². The molecule has 0 aromatic heterocycles. The minimum absolute atomic E-state index is 0.185. The quantitative estimate of drug-likeness (QED) is 0.518. The van der Waals surface area contributed by atoms with Gasteiger partial charge in [-0.15, -0.1) is 0 Å². The topological polar surface area (TPSA) is 54.4 Å². The predicted octanol–water partition coefficient (Wildman–Crippen LogP) is 2.08. The Hall–Kier alpha value is -1.37. The van der Waals surface area contributed by atoms with Crippen molar-refractivity contribution in [3.8, 4) is 0 Å². The first-order chi connectivity index (χ1) is 9.42. The van der Waals surface area contributed by atoms with Crippen molar-refractivity contribution in [3.05, 3.63) is 23.4 Å². The summed E-state index contributed by atoms with van der Waals surface area (Å²) in [7, 11) is 5.60. The maximum Gasteiger partial charge on any atom is 0.164 e. The van der Waals surface area contributed by atoms with Crippen molar-refractivity contribution in [2.45, 2.75) is 25.8 Å². The first-order valence-corrected chi connectivity index (χ1v) is 7.50. The van der Waals surface area contributed by atoms with Gasteiger partial charge in [-0.05, 0) is 13.3 Å². The zero-order chi connectivity index (χ0) is 15.3. The molecule has 5 nitrogen and oxygen atoms in total. The molecule has 1 heterocycles. The molecular formula is C13H24FN5S. The molecule has 0 amide bonds. The summed E-state index contributed by atoms with van der Waals surface area (Å²) in [5, 5.41) is 14.4. The highest BCUT2D eigenvalue weighted by atomic mass is 32.2. The average Bonchev–Trinajstić information content (AvgIpc) is 2.31.